The molecule has 3 rings (SSSR count). The zero-order valence-corrected chi connectivity index (χ0v) is 12.7. The standard InChI is InChI=1S/C19H16OS/c1-14(20)15-9-11-18(12-10-15)21-13-17-7-4-6-16-5-2-3-8-19(16)17/h2-12H,13H2,1H3. The van der Waals surface area contributed by atoms with Crippen molar-refractivity contribution in [2.75, 3.05) is 0 Å². The molecule has 0 fully saturated rings. The van der Waals surface area contributed by atoms with Gasteiger partial charge in [0.1, 0.15) is 0 Å². The predicted molar refractivity (Wildman–Crippen MR) is 90.0 cm³/mol. The smallest absolute Gasteiger partial charge is 0.159 e. The van der Waals surface area contributed by atoms with Gasteiger partial charge in [-0.2, -0.15) is 0 Å². The van der Waals surface area contributed by atoms with Crippen LogP contribution in [0.25, 0.3) is 10.8 Å². The van der Waals surface area contributed by atoms with Crippen molar-refractivity contribution in [1.82, 2.24) is 0 Å². The van der Waals surface area contributed by atoms with E-state index in [4.69, 9.17) is 0 Å². The Morgan fingerprint density at radius 2 is 1.62 bits per heavy atom. The summed E-state index contributed by atoms with van der Waals surface area (Å²) in [6, 6.07) is 22.7. The van der Waals surface area contributed by atoms with Crippen molar-refractivity contribution in [3.8, 4) is 0 Å². The number of ketones is 1. The van der Waals surface area contributed by atoms with Crippen LogP contribution >= 0.6 is 11.8 Å². The Bertz CT molecular complexity index is 770. The lowest BCUT2D eigenvalue weighted by molar-refractivity contribution is 0.101. The van der Waals surface area contributed by atoms with E-state index in [1.165, 1.54) is 21.2 Å². The largest absolute Gasteiger partial charge is 0.295 e. The Labute approximate surface area is 129 Å². The first-order valence-corrected chi connectivity index (χ1v) is 7.93. The molecule has 0 saturated heterocycles. The van der Waals surface area contributed by atoms with Crippen molar-refractivity contribution >= 4 is 28.3 Å². The molecule has 0 radical (unpaired) electrons. The summed E-state index contributed by atoms with van der Waals surface area (Å²) in [7, 11) is 0. The molecule has 3 aromatic rings. The second kappa shape index (κ2) is 6.15. The molecule has 0 aromatic heterocycles. The fourth-order valence-corrected chi connectivity index (χ4v) is 3.27. The maximum Gasteiger partial charge on any atom is 0.159 e. The zero-order valence-electron chi connectivity index (χ0n) is 11.9. The van der Waals surface area contributed by atoms with Crippen LogP contribution in [0.3, 0.4) is 0 Å². The topological polar surface area (TPSA) is 17.1 Å². The van der Waals surface area contributed by atoms with Crippen molar-refractivity contribution in [3.05, 3.63) is 77.9 Å². The number of carbonyl (C=O) groups is 1. The van der Waals surface area contributed by atoms with E-state index in [-0.39, 0.29) is 5.78 Å². The molecule has 2 heteroatoms. The van der Waals surface area contributed by atoms with E-state index < -0.39 is 0 Å². The van der Waals surface area contributed by atoms with E-state index in [9.17, 15) is 4.79 Å². The molecular weight excluding hydrogens is 276 g/mol. The maximum atomic E-state index is 11.3. The van der Waals surface area contributed by atoms with Gasteiger partial charge in [-0.25, -0.2) is 0 Å². The minimum absolute atomic E-state index is 0.112. The van der Waals surface area contributed by atoms with Gasteiger partial charge in [0.05, 0.1) is 0 Å². The molecule has 3 aromatic carbocycles. The van der Waals surface area contributed by atoms with Crippen LogP contribution in [0.5, 0.6) is 0 Å². The second-order valence-electron chi connectivity index (χ2n) is 5.01. The van der Waals surface area contributed by atoms with Gasteiger partial charge in [0.2, 0.25) is 0 Å². The molecular formula is C19H16OS. The average molecular weight is 292 g/mol. The first kappa shape index (κ1) is 13.9. The van der Waals surface area contributed by atoms with Gasteiger partial charge in [-0.1, -0.05) is 54.6 Å². The van der Waals surface area contributed by atoms with Crippen molar-refractivity contribution in [2.24, 2.45) is 0 Å². The summed E-state index contributed by atoms with van der Waals surface area (Å²) >= 11 is 1.80. The average Bonchev–Trinajstić information content (AvgIpc) is 2.53. The minimum Gasteiger partial charge on any atom is -0.295 e. The third-order valence-corrected chi connectivity index (χ3v) is 4.60. The Balaban J connectivity index is 1.79. The van der Waals surface area contributed by atoms with Gasteiger partial charge in [-0.15, -0.1) is 11.8 Å². The van der Waals surface area contributed by atoms with Gasteiger partial charge in [-0.3, -0.25) is 4.79 Å². The predicted octanol–water partition coefficient (Wildman–Crippen LogP) is 5.33. The molecule has 0 unspecified atom stereocenters. The van der Waals surface area contributed by atoms with Crippen molar-refractivity contribution in [1.29, 1.82) is 0 Å². The summed E-state index contributed by atoms with van der Waals surface area (Å²) < 4.78 is 0. The van der Waals surface area contributed by atoms with Gasteiger partial charge in [0.25, 0.3) is 0 Å². The SMILES string of the molecule is CC(=O)c1ccc(SCc2cccc3ccccc23)cc1. The number of benzene rings is 3. The summed E-state index contributed by atoms with van der Waals surface area (Å²) in [4.78, 5) is 12.5. The molecule has 1 nitrogen and oxygen atoms in total. The second-order valence-corrected chi connectivity index (χ2v) is 6.06. The molecule has 0 aliphatic carbocycles. The quantitative estimate of drug-likeness (QED) is 0.477. The fourth-order valence-electron chi connectivity index (χ4n) is 2.37. The molecule has 0 amide bonds. The Kier molecular flexibility index (Phi) is 4.07. The van der Waals surface area contributed by atoms with E-state index in [0.29, 0.717) is 0 Å². The zero-order chi connectivity index (χ0) is 14.7. The first-order chi connectivity index (χ1) is 10.2. The summed E-state index contributed by atoms with van der Waals surface area (Å²) in [5.74, 6) is 1.04. The number of thioether (sulfide) groups is 1. The highest BCUT2D eigenvalue weighted by atomic mass is 32.2. The van der Waals surface area contributed by atoms with Crippen LogP contribution in [-0.4, -0.2) is 5.78 Å². The molecule has 104 valence electrons. The molecule has 0 aliphatic heterocycles. The van der Waals surface area contributed by atoms with Crippen LogP contribution in [0.2, 0.25) is 0 Å². The van der Waals surface area contributed by atoms with E-state index in [1.54, 1.807) is 18.7 Å². The lowest BCUT2D eigenvalue weighted by Gasteiger charge is -2.07. The van der Waals surface area contributed by atoms with Gasteiger partial charge in [0, 0.05) is 16.2 Å². The lowest BCUT2D eigenvalue weighted by Crippen LogP contribution is -1.90. The highest BCUT2D eigenvalue weighted by molar-refractivity contribution is 7.98. The van der Waals surface area contributed by atoms with E-state index in [2.05, 4.69) is 42.5 Å². The third kappa shape index (κ3) is 3.17. The first-order valence-electron chi connectivity index (χ1n) is 6.94. The summed E-state index contributed by atoms with van der Waals surface area (Å²) in [5, 5.41) is 2.59. The van der Waals surface area contributed by atoms with Crippen molar-refractivity contribution in [3.63, 3.8) is 0 Å². The number of carbonyl (C=O) groups excluding carboxylic acids is 1. The summed E-state index contributed by atoms with van der Waals surface area (Å²) in [5.41, 5.74) is 2.11. The number of hydrogen-bond donors (Lipinski definition) is 0. The summed E-state index contributed by atoms with van der Waals surface area (Å²) in [6.45, 7) is 1.60. The lowest BCUT2D eigenvalue weighted by atomic mass is 10.1. The highest BCUT2D eigenvalue weighted by Gasteiger charge is 2.03. The van der Waals surface area contributed by atoms with Crippen molar-refractivity contribution < 1.29 is 4.79 Å². The van der Waals surface area contributed by atoms with Gasteiger partial charge >= 0.3 is 0 Å². The fraction of sp³-hybridized carbons (Fsp3) is 0.105. The van der Waals surface area contributed by atoms with E-state index in [0.717, 1.165) is 11.3 Å². The highest BCUT2D eigenvalue weighted by Crippen LogP contribution is 2.27. The molecule has 0 spiro atoms. The van der Waals surface area contributed by atoms with Crippen LogP contribution in [0, 0.1) is 0 Å². The summed E-state index contributed by atoms with van der Waals surface area (Å²) in [6.07, 6.45) is 0. The van der Waals surface area contributed by atoms with E-state index in [1.807, 2.05) is 24.3 Å². The molecule has 0 aliphatic rings. The Hall–Kier alpha value is -2.06. The Morgan fingerprint density at radius 3 is 2.38 bits per heavy atom. The molecule has 0 heterocycles. The molecule has 0 N–H and O–H groups in total. The monoisotopic (exact) mass is 292 g/mol. The molecule has 21 heavy (non-hydrogen) atoms. The maximum absolute atomic E-state index is 11.3. The number of rotatable bonds is 4. The number of fused-ring (bicyclic) bond motifs is 1. The minimum atomic E-state index is 0.112. The van der Waals surface area contributed by atoms with E-state index >= 15 is 0 Å². The van der Waals surface area contributed by atoms with Gasteiger partial charge < -0.3 is 0 Å². The molecule has 0 saturated carbocycles. The molecule has 0 atom stereocenters. The van der Waals surface area contributed by atoms with Gasteiger partial charge in [0.15, 0.2) is 5.78 Å². The van der Waals surface area contributed by atoms with Crippen LogP contribution in [-0.2, 0) is 5.75 Å². The van der Waals surface area contributed by atoms with Crippen LogP contribution in [0.4, 0.5) is 0 Å². The normalized spacial score (nSPS) is 10.7. The van der Waals surface area contributed by atoms with Crippen LogP contribution in [0.1, 0.15) is 22.8 Å². The van der Waals surface area contributed by atoms with Gasteiger partial charge in [-0.05, 0) is 35.4 Å². The van der Waals surface area contributed by atoms with Crippen molar-refractivity contribution in [2.45, 2.75) is 17.6 Å². The van der Waals surface area contributed by atoms with Crippen LogP contribution in [0.15, 0.2) is 71.6 Å². The molecule has 0 bridgehead atoms. The third-order valence-electron chi connectivity index (χ3n) is 3.54. The number of hydrogen-bond acceptors (Lipinski definition) is 2. The van der Waals surface area contributed by atoms with Crippen LogP contribution < -0.4 is 0 Å². The number of Topliss-reactive ketones (excluding diaryl/α,β-unsaturated/α-hetero) is 1. The Morgan fingerprint density at radius 1 is 0.905 bits per heavy atom.